The van der Waals surface area contributed by atoms with Gasteiger partial charge in [-0.3, -0.25) is 9.59 Å². The van der Waals surface area contributed by atoms with Gasteiger partial charge in [0.25, 0.3) is 5.91 Å². The van der Waals surface area contributed by atoms with Crippen LogP contribution in [0.4, 0.5) is 5.69 Å². The van der Waals surface area contributed by atoms with Crippen LogP contribution in [0.1, 0.15) is 23.7 Å². The maximum Gasteiger partial charge on any atom is 0.271 e. The predicted octanol–water partition coefficient (Wildman–Crippen LogP) is 3.61. The third kappa shape index (κ3) is 5.03. The molecule has 2 amide bonds. The quantitative estimate of drug-likeness (QED) is 0.629. The van der Waals surface area contributed by atoms with Gasteiger partial charge in [-0.2, -0.15) is 5.10 Å². The number of hydrazone groups is 1. The normalized spacial score (nSPS) is 11.0. The van der Waals surface area contributed by atoms with Gasteiger partial charge in [0.05, 0.1) is 6.42 Å². The number of amides is 2. The summed E-state index contributed by atoms with van der Waals surface area (Å²) in [4.78, 5) is 25.8. The highest BCUT2D eigenvalue weighted by Gasteiger charge is 2.12. The summed E-state index contributed by atoms with van der Waals surface area (Å²) < 4.78 is 0.897. The van der Waals surface area contributed by atoms with E-state index in [0.29, 0.717) is 11.3 Å². The van der Waals surface area contributed by atoms with Crippen molar-refractivity contribution < 1.29 is 9.59 Å². The highest BCUT2D eigenvalue weighted by atomic mass is 79.9. The zero-order valence-corrected chi connectivity index (χ0v) is 15.1. The molecule has 0 bridgehead atoms. The van der Waals surface area contributed by atoms with Gasteiger partial charge in [-0.05, 0) is 43.3 Å². The van der Waals surface area contributed by atoms with Gasteiger partial charge in [0, 0.05) is 28.5 Å². The van der Waals surface area contributed by atoms with Crippen LogP contribution in [-0.4, -0.2) is 24.6 Å². The zero-order chi connectivity index (χ0) is 17.5. The summed E-state index contributed by atoms with van der Waals surface area (Å²) in [6.07, 6.45) is 0.131. The van der Waals surface area contributed by atoms with Crippen LogP contribution in [0.15, 0.2) is 64.2 Å². The van der Waals surface area contributed by atoms with E-state index in [2.05, 4.69) is 26.5 Å². The molecule has 6 heteroatoms. The Morgan fingerprint density at radius 1 is 1.08 bits per heavy atom. The van der Waals surface area contributed by atoms with Crippen molar-refractivity contribution in [2.45, 2.75) is 13.3 Å². The second-order valence-electron chi connectivity index (χ2n) is 5.26. The molecule has 0 saturated carbocycles. The number of benzene rings is 2. The monoisotopic (exact) mass is 387 g/mol. The predicted molar refractivity (Wildman–Crippen MR) is 99.2 cm³/mol. The molecule has 124 valence electrons. The van der Waals surface area contributed by atoms with Crippen LogP contribution in [0.2, 0.25) is 0 Å². The van der Waals surface area contributed by atoms with Gasteiger partial charge in [0.1, 0.15) is 0 Å². The van der Waals surface area contributed by atoms with Crippen molar-refractivity contribution in [2.24, 2.45) is 5.10 Å². The number of anilines is 1. The van der Waals surface area contributed by atoms with Gasteiger partial charge < -0.3 is 4.90 Å². The minimum atomic E-state index is -0.314. The van der Waals surface area contributed by atoms with Crippen LogP contribution in [0.3, 0.4) is 0 Å². The van der Waals surface area contributed by atoms with Crippen molar-refractivity contribution in [3.05, 3.63) is 64.6 Å². The molecule has 0 aliphatic heterocycles. The number of para-hydroxylation sites is 1. The smallest absolute Gasteiger partial charge is 0.271 e. The summed E-state index contributed by atoms with van der Waals surface area (Å²) in [5.74, 6) is -0.411. The summed E-state index contributed by atoms with van der Waals surface area (Å²) in [6.45, 7) is 1.71. The van der Waals surface area contributed by atoms with E-state index in [0.717, 1.165) is 10.2 Å². The Balaban J connectivity index is 1.92. The minimum Gasteiger partial charge on any atom is -0.315 e. The van der Waals surface area contributed by atoms with Crippen molar-refractivity contribution in [3.63, 3.8) is 0 Å². The molecule has 0 aliphatic rings. The summed E-state index contributed by atoms with van der Waals surface area (Å²) in [5.41, 5.74) is 4.32. The minimum absolute atomic E-state index is 0.0969. The third-order valence-electron chi connectivity index (χ3n) is 3.38. The maximum atomic E-state index is 12.2. The largest absolute Gasteiger partial charge is 0.315 e. The molecular formula is C18H18BrN3O2. The average molecular weight is 388 g/mol. The number of hydrogen-bond donors (Lipinski definition) is 1. The van der Waals surface area contributed by atoms with Crippen molar-refractivity contribution in [1.82, 2.24) is 5.43 Å². The Kier molecular flexibility index (Phi) is 6.26. The zero-order valence-electron chi connectivity index (χ0n) is 13.5. The molecule has 2 rings (SSSR count). The summed E-state index contributed by atoms with van der Waals surface area (Å²) in [6, 6.07) is 16.3. The SMILES string of the molecule is CC(CC(=O)N(C)c1ccccc1)=NNC(=O)c1ccc(Br)cc1. The van der Waals surface area contributed by atoms with Crippen LogP contribution in [0, 0.1) is 0 Å². The van der Waals surface area contributed by atoms with Gasteiger partial charge in [-0.1, -0.05) is 34.1 Å². The van der Waals surface area contributed by atoms with E-state index in [4.69, 9.17) is 0 Å². The maximum absolute atomic E-state index is 12.2. The lowest BCUT2D eigenvalue weighted by atomic mass is 10.2. The molecule has 5 nitrogen and oxygen atoms in total. The molecule has 0 spiro atoms. The van der Waals surface area contributed by atoms with Crippen LogP contribution < -0.4 is 10.3 Å². The Morgan fingerprint density at radius 2 is 1.71 bits per heavy atom. The average Bonchev–Trinajstić information content (AvgIpc) is 2.60. The van der Waals surface area contributed by atoms with E-state index in [9.17, 15) is 9.59 Å². The summed E-state index contributed by atoms with van der Waals surface area (Å²) >= 11 is 3.32. The highest BCUT2D eigenvalue weighted by Crippen LogP contribution is 2.12. The topological polar surface area (TPSA) is 61.8 Å². The molecule has 2 aromatic rings. The van der Waals surface area contributed by atoms with E-state index in [1.807, 2.05) is 30.3 Å². The number of rotatable bonds is 5. The number of carbonyl (C=O) groups is 2. The second-order valence-corrected chi connectivity index (χ2v) is 6.18. The first-order valence-corrected chi connectivity index (χ1v) is 8.17. The first-order chi connectivity index (χ1) is 11.5. The molecule has 0 unspecified atom stereocenters. The number of halogens is 1. The Bertz CT molecular complexity index is 743. The van der Waals surface area contributed by atoms with Gasteiger partial charge >= 0.3 is 0 Å². The van der Waals surface area contributed by atoms with Crippen molar-refractivity contribution in [1.29, 1.82) is 0 Å². The second kappa shape index (κ2) is 8.40. The van der Waals surface area contributed by atoms with Gasteiger partial charge in [0.2, 0.25) is 5.91 Å². The van der Waals surface area contributed by atoms with Crippen molar-refractivity contribution in [3.8, 4) is 0 Å². The molecule has 1 N–H and O–H groups in total. The first kappa shape index (κ1) is 17.9. The van der Waals surface area contributed by atoms with Crippen LogP contribution in [-0.2, 0) is 4.79 Å². The van der Waals surface area contributed by atoms with Crippen molar-refractivity contribution in [2.75, 3.05) is 11.9 Å². The van der Waals surface area contributed by atoms with E-state index >= 15 is 0 Å². The molecule has 2 aromatic carbocycles. The van der Waals surface area contributed by atoms with Crippen molar-refractivity contribution >= 4 is 39.1 Å². The molecule has 0 aliphatic carbocycles. The first-order valence-electron chi connectivity index (χ1n) is 7.38. The Morgan fingerprint density at radius 3 is 2.33 bits per heavy atom. The molecular weight excluding hydrogens is 370 g/mol. The lowest BCUT2D eigenvalue weighted by Crippen LogP contribution is -2.28. The fourth-order valence-electron chi connectivity index (χ4n) is 1.98. The lowest BCUT2D eigenvalue weighted by Gasteiger charge is -2.17. The summed E-state index contributed by atoms with van der Waals surface area (Å²) in [5, 5.41) is 4.00. The fraction of sp³-hybridized carbons (Fsp3) is 0.167. The third-order valence-corrected chi connectivity index (χ3v) is 3.91. The van der Waals surface area contributed by atoms with Crippen LogP contribution in [0.5, 0.6) is 0 Å². The summed E-state index contributed by atoms with van der Waals surface area (Å²) in [7, 11) is 1.71. The standard InChI is InChI=1S/C18H18BrN3O2/c1-13(12-17(23)22(2)16-6-4-3-5-7-16)20-21-18(24)14-8-10-15(19)11-9-14/h3-11H,12H2,1-2H3,(H,21,24). The van der Waals surface area contributed by atoms with Gasteiger partial charge in [0.15, 0.2) is 0 Å². The molecule has 0 aromatic heterocycles. The van der Waals surface area contributed by atoms with Gasteiger partial charge in [-0.25, -0.2) is 5.43 Å². The van der Waals surface area contributed by atoms with Crippen LogP contribution >= 0.6 is 15.9 Å². The van der Waals surface area contributed by atoms with Crippen LogP contribution in [0.25, 0.3) is 0 Å². The Hall–Kier alpha value is -2.47. The number of nitrogens with zero attached hydrogens (tertiary/aromatic N) is 2. The number of hydrogen-bond acceptors (Lipinski definition) is 3. The fourth-order valence-corrected chi connectivity index (χ4v) is 2.25. The number of carbonyl (C=O) groups excluding carboxylic acids is 2. The molecule has 0 radical (unpaired) electrons. The molecule has 0 fully saturated rings. The van der Waals surface area contributed by atoms with E-state index in [1.54, 1.807) is 43.1 Å². The van der Waals surface area contributed by atoms with Gasteiger partial charge in [-0.15, -0.1) is 0 Å². The lowest BCUT2D eigenvalue weighted by molar-refractivity contribution is -0.117. The number of nitrogens with one attached hydrogen (secondary N) is 1. The molecule has 0 saturated heterocycles. The van der Waals surface area contributed by atoms with E-state index in [-0.39, 0.29) is 18.2 Å². The Labute approximate surface area is 149 Å². The van der Waals surface area contributed by atoms with E-state index in [1.165, 1.54) is 0 Å². The molecule has 24 heavy (non-hydrogen) atoms. The molecule has 0 atom stereocenters. The highest BCUT2D eigenvalue weighted by molar-refractivity contribution is 9.10. The molecule has 0 heterocycles. The van der Waals surface area contributed by atoms with E-state index < -0.39 is 0 Å².